The molecule has 0 radical (unpaired) electrons. The molecule has 1 atom stereocenters. The van der Waals surface area contributed by atoms with E-state index in [1.165, 1.54) is 0 Å². The largest absolute Gasteiger partial charge is 0.492 e. The number of benzene rings is 1. The van der Waals surface area contributed by atoms with E-state index in [1.807, 2.05) is 42.5 Å². The minimum Gasteiger partial charge on any atom is -0.492 e. The Kier molecular flexibility index (Phi) is 7.53. The van der Waals surface area contributed by atoms with Gasteiger partial charge in [-0.25, -0.2) is 9.50 Å². The van der Waals surface area contributed by atoms with Gasteiger partial charge in [0.2, 0.25) is 6.35 Å². The molecule has 1 fully saturated rings. The van der Waals surface area contributed by atoms with E-state index in [4.69, 9.17) is 9.47 Å². The van der Waals surface area contributed by atoms with Crippen LogP contribution < -0.4 is 15.4 Å². The summed E-state index contributed by atoms with van der Waals surface area (Å²) in [6, 6.07) is 13.0. The normalized spacial score (nSPS) is 14.6. The van der Waals surface area contributed by atoms with Gasteiger partial charge in [0.1, 0.15) is 18.1 Å². The highest BCUT2D eigenvalue weighted by molar-refractivity contribution is 5.53. The predicted octanol–water partition coefficient (Wildman–Crippen LogP) is 2.03. The van der Waals surface area contributed by atoms with Gasteiger partial charge in [-0.2, -0.15) is 5.10 Å². The molecule has 184 valence electrons. The number of nitrogens with one attached hydrogen (secondary N) is 2. The summed E-state index contributed by atoms with van der Waals surface area (Å²) in [6.07, 6.45) is 5.63. The summed E-state index contributed by atoms with van der Waals surface area (Å²) < 4.78 is 12.9. The van der Waals surface area contributed by atoms with E-state index in [-0.39, 0.29) is 0 Å². The Bertz CT molecular complexity index is 1340. The summed E-state index contributed by atoms with van der Waals surface area (Å²) in [5.74, 6) is 6.92. The lowest BCUT2D eigenvalue weighted by molar-refractivity contribution is 0.0322. The average Bonchev–Trinajstić information content (AvgIpc) is 3.32. The highest BCUT2D eigenvalue weighted by Gasteiger charge is 2.10. The first-order valence-electron chi connectivity index (χ1n) is 11.7. The fraction of sp³-hybridized carbons (Fsp3) is 0.269. The lowest BCUT2D eigenvalue weighted by atomic mass is 10.2. The van der Waals surface area contributed by atoms with Gasteiger partial charge in [0.25, 0.3) is 0 Å². The van der Waals surface area contributed by atoms with Crippen LogP contribution in [0.2, 0.25) is 0 Å². The van der Waals surface area contributed by atoms with E-state index in [0.29, 0.717) is 23.6 Å². The molecular formula is C26H27N7O3. The summed E-state index contributed by atoms with van der Waals surface area (Å²) >= 11 is 0. The Morgan fingerprint density at radius 1 is 1.03 bits per heavy atom. The van der Waals surface area contributed by atoms with Crippen LogP contribution in [0.4, 0.5) is 11.4 Å². The summed E-state index contributed by atoms with van der Waals surface area (Å²) in [5.41, 5.74) is 3.48. The van der Waals surface area contributed by atoms with E-state index in [9.17, 15) is 5.11 Å². The lowest BCUT2D eigenvalue weighted by Gasteiger charge is -2.26. The van der Waals surface area contributed by atoms with Crippen LogP contribution in [0, 0.1) is 11.8 Å². The standard InChI is InChI=1S/C26H27N7O3/c34-26(30-21-4-7-24(8-5-21)36-15-12-32-10-13-35-14-11-32)31-22-16-20(17-27-18-22)3-6-23-19-28-25-2-1-9-29-33(23)25/h1-2,4-5,7-9,16-19,26,30-31,34H,10-15H2. The van der Waals surface area contributed by atoms with E-state index >= 15 is 0 Å². The second-order valence-electron chi connectivity index (χ2n) is 8.17. The highest BCUT2D eigenvalue weighted by Crippen LogP contribution is 2.17. The molecule has 1 aliphatic rings. The third-order valence-corrected chi connectivity index (χ3v) is 5.59. The zero-order chi connectivity index (χ0) is 24.6. The number of hydrogen-bond donors (Lipinski definition) is 3. The van der Waals surface area contributed by atoms with Crippen molar-refractivity contribution in [1.29, 1.82) is 0 Å². The van der Waals surface area contributed by atoms with Crippen LogP contribution in [-0.4, -0.2) is 75.4 Å². The van der Waals surface area contributed by atoms with Crippen molar-refractivity contribution in [3.8, 4) is 17.6 Å². The monoisotopic (exact) mass is 485 g/mol. The molecule has 0 bridgehead atoms. The molecule has 5 rings (SSSR count). The van der Waals surface area contributed by atoms with Crippen molar-refractivity contribution in [2.75, 3.05) is 50.1 Å². The molecule has 10 heteroatoms. The van der Waals surface area contributed by atoms with Gasteiger partial charge in [-0.15, -0.1) is 0 Å². The Morgan fingerprint density at radius 3 is 2.72 bits per heavy atom. The number of aliphatic hydroxyl groups excluding tert-OH is 1. The molecular weight excluding hydrogens is 458 g/mol. The van der Waals surface area contributed by atoms with Gasteiger partial charge in [0, 0.05) is 43.3 Å². The Labute approximate surface area is 208 Å². The number of fused-ring (bicyclic) bond motifs is 1. The number of morpholine rings is 1. The molecule has 0 aliphatic carbocycles. The van der Waals surface area contributed by atoms with E-state index in [2.05, 4.69) is 42.4 Å². The van der Waals surface area contributed by atoms with E-state index < -0.39 is 6.35 Å². The van der Waals surface area contributed by atoms with Crippen molar-refractivity contribution in [2.45, 2.75) is 6.35 Å². The summed E-state index contributed by atoms with van der Waals surface area (Å²) in [6.45, 7) is 4.95. The topological polar surface area (TPSA) is 109 Å². The number of hydrogen-bond acceptors (Lipinski definition) is 9. The summed E-state index contributed by atoms with van der Waals surface area (Å²) in [5, 5.41) is 20.7. The van der Waals surface area contributed by atoms with Gasteiger partial charge in [0.15, 0.2) is 5.65 Å². The fourth-order valence-electron chi connectivity index (χ4n) is 3.75. The maximum absolute atomic E-state index is 10.4. The number of ether oxygens (including phenoxy) is 2. The van der Waals surface area contributed by atoms with Gasteiger partial charge in [-0.3, -0.25) is 9.88 Å². The van der Waals surface area contributed by atoms with Crippen molar-refractivity contribution >= 4 is 17.0 Å². The number of aromatic nitrogens is 4. The van der Waals surface area contributed by atoms with Gasteiger partial charge in [-0.1, -0.05) is 5.92 Å². The third kappa shape index (κ3) is 6.28. The number of rotatable bonds is 8. The first-order valence-corrected chi connectivity index (χ1v) is 11.7. The molecule has 1 aliphatic heterocycles. The Hall–Kier alpha value is -4.17. The maximum Gasteiger partial charge on any atom is 0.202 e. The molecule has 1 aromatic carbocycles. The molecule has 10 nitrogen and oxygen atoms in total. The van der Waals surface area contributed by atoms with Crippen molar-refractivity contribution in [3.63, 3.8) is 0 Å². The smallest absolute Gasteiger partial charge is 0.202 e. The Balaban J connectivity index is 1.12. The van der Waals surface area contributed by atoms with Crippen molar-refractivity contribution in [3.05, 3.63) is 78.5 Å². The molecule has 1 unspecified atom stereocenters. The van der Waals surface area contributed by atoms with Crippen LogP contribution in [0.5, 0.6) is 5.75 Å². The molecule has 4 aromatic rings. The average molecular weight is 486 g/mol. The minimum absolute atomic E-state index is 0.622. The number of anilines is 2. The van der Waals surface area contributed by atoms with E-state index in [0.717, 1.165) is 49.9 Å². The van der Waals surface area contributed by atoms with Crippen LogP contribution in [0.25, 0.3) is 5.65 Å². The van der Waals surface area contributed by atoms with Crippen molar-refractivity contribution in [2.24, 2.45) is 0 Å². The molecule has 3 N–H and O–H groups in total. The van der Waals surface area contributed by atoms with Crippen molar-refractivity contribution in [1.82, 2.24) is 24.5 Å². The zero-order valence-corrected chi connectivity index (χ0v) is 19.7. The number of aliphatic hydroxyl groups is 1. The van der Waals surface area contributed by atoms with Gasteiger partial charge < -0.3 is 25.2 Å². The van der Waals surface area contributed by atoms with Gasteiger partial charge in [-0.05, 0) is 48.4 Å². The first kappa shape index (κ1) is 23.6. The molecule has 0 saturated carbocycles. The van der Waals surface area contributed by atoms with Crippen LogP contribution in [0.3, 0.4) is 0 Å². The SMILES string of the molecule is OC(Nc1ccc(OCCN2CCOCC2)cc1)Nc1cncc(C#Cc2cnc3cccnn23)c1. The number of pyridine rings is 1. The summed E-state index contributed by atoms with van der Waals surface area (Å²) in [4.78, 5) is 10.8. The molecule has 0 spiro atoms. The van der Waals surface area contributed by atoms with Crippen LogP contribution >= 0.6 is 0 Å². The molecule has 3 aromatic heterocycles. The molecule has 0 amide bonds. The second kappa shape index (κ2) is 11.5. The van der Waals surface area contributed by atoms with E-state index in [1.54, 1.807) is 29.3 Å². The Morgan fingerprint density at radius 2 is 1.86 bits per heavy atom. The van der Waals surface area contributed by atoms with Gasteiger partial charge in [0.05, 0.1) is 31.3 Å². The van der Waals surface area contributed by atoms with Gasteiger partial charge >= 0.3 is 0 Å². The molecule has 4 heterocycles. The van der Waals surface area contributed by atoms with Crippen molar-refractivity contribution < 1.29 is 14.6 Å². The number of nitrogens with zero attached hydrogens (tertiary/aromatic N) is 5. The van der Waals surface area contributed by atoms with Crippen LogP contribution in [0.15, 0.2) is 67.3 Å². The minimum atomic E-state index is -1.02. The third-order valence-electron chi connectivity index (χ3n) is 5.59. The zero-order valence-electron chi connectivity index (χ0n) is 19.7. The maximum atomic E-state index is 10.4. The second-order valence-corrected chi connectivity index (χ2v) is 8.17. The fourth-order valence-corrected chi connectivity index (χ4v) is 3.75. The highest BCUT2D eigenvalue weighted by atomic mass is 16.5. The molecule has 36 heavy (non-hydrogen) atoms. The van der Waals surface area contributed by atoms with Crippen LogP contribution in [0.1, 0.15) is 11.3 Å². The quantitative estimate of drug-likeness (QED) is 0.255. The first-order chi connectivity index (χ1) is 17.7. The lowest BCUT2D eigenvalue weighted by Crippen LogP contribution is -2.38. The summed E-state index contributed by atoms with van der Waals surface area (Å²) in [7, 11) is 0. The predicted molar refractivity (Wildman–Crippen MR) is 136 cm³/mol. The number of imidazole rings is 1. The van der Waals surface area contributed by atoms with Crippen LogP contribution in [-0.2, 0) is 4.74 Å². The molecule has 1 saturated heterocycles.